The molecule has 1 fully saturated rings. The maximum absolute atomic E-state index is 11.7. The van der Waals surface area contributed by atoms with Gasteiger partial charge in [-0.25, -0.2) is 0 Å². The van der Waals surface area contributed by atoms with Gasteiger partial charge in [-0.15, -0.1) is 0 Å². The zero-order chi connectivity index (χ0) is 12.2. The summed E-state index contributed by atoms with van der Waals surface area (Å²) in [4.78, 5) is 25.2. The maximum Gasteiger partial charge on any atom is 0.241 e. The van der Waals surface area contributed by atoms with Crippen molar-refractivity contribution < 1.29 is 9.59 Å². The van der Waals surface area contributed by atoms with Gasteiger partial charge in [0.1, 0.15) is 0 Å². The Hall–Kier alpha value is -1.06. The molecule has 0 aromatic heterocycles. The molecule has 1 aliphatic heterocycles. The first kappa shape index (κ1) is 13.0. The Morgan fingerprint density at radius 1 is 1.12 bits per heavy atom. The minimum Gasteiger partial charge on any atom is -0.347 e. The first-order valence-electron chi connectivity index (χ1n) is 5.97. The Bertz CT molecular complexity index is 263. The van der Waals surface area contributed by atoms with Crippen LogP contribution >= 0.6 is 0 Å². The van der Waals surface area contributed by atoms with Crippen molar-refractivity contribution in [2.24, 2.45) is 5.41 Å². The summed E-state index contributed by atoms with van der Waals surface area (Å²) in [6, 6.07) is 0. The van der Waals surface area contributed by atoms with Gasteiger partial charge in [0.15, 0.2) is 0 Å². The van der Waals surface area contributed by atoms with Crippen LogP contribution in [0, 0.1) is 5.41 Å². The second-order valence-electron chi connectivity index (χ2n) is 5.37. The molecule has 0 aromatic carbocycles. The highest BCUT2D eigenvalue weighted by molar-refractivity contribution is 5.87. The van der Waals surface area contributed by atoms with Gasteiger partial charge in [-0.3, -0.25) is 9.59 Å². The van der Waals surface area contributed by atoms with E-state index in [1.165, 1.54) is 6.42 Å². The third kappa shape index (κ3) is 3.83. The van der Waals surface area contributed by atoms with Crippen molar-refractivity contribution in [3.63, 3.8) is 0 Å². The van der Waals surface area contributed by atoms with Crippen molar-refractivity contribution in [1.29, 1.82) is 0 Å². The quantitative estimate of drug-likeness (QED) is 0.768. The largest absolute Gasteiger partial charge is 0.347 e. The fourth-order valence-corrected chi connectivity index (χ4v) is 1.68. The van der Waals surface area contributed by atoms with Crippen LogP contribution < -0.4 is 5.32 Å². The van der Waals surface area contributed by atoms with Crippen LogP contribution in [0.5, 0.6) is 0 Å². The van der Waals surface area contributed by atoms with Crippen LogP contribution in [0.3, 0.4) is 0 Å². The van der Waals surface area contributed by atoms with E-state index >= 15 is 0 Å². The highest BCUT2D eigenvalue weighted by Gasteiger charge is 2.23. The molecule has 0 atom stereocenters. The van der Waals surface area contributed by atoms with E-state index in [4.69, 9.17) is 0 Å². The van der Waals surface area contributed by atoms with Crippen LogP contribution in [-0.4, -0.2) is 36.3 Å². The van der Waals surface area contributed by atoms with E-state index < -0.39 is 5.41 Å². The Morgan fingerprint density at radius 3 is 2.19 bits per heavy atom. The number of rotatable bonds is 2. The summed E-state index contributed by atoms with van der Waals surface area (Å²) in [7, 11) is 0. The molecule has 0 bridgehead atoms. The van der Waals surface area contributed by atoms with Gasteiger partial charge >= 0.3 is 0 Å². The molecule has 0 aliphatic carbocycles. The summed E-state index contributed by atoms with van der Waals surface area (Å²) >= 11 is 0. The van der Waals surface area contributed by atoms with Crippen LogP contribution in [0.25, 0.3) is 0 Å². The number of amides is 2. The summed E-state index contributed by atoms with van der Waals surface area (Å²) in [6.45, 7) is 7.33. The SMILES string of the molecule is CC(C)(C)C(=O)NCC(=O)N1CCCCC1. The monoisotopic (exact) mass is 226 g/mol. The Morgan fingerprint density at radius 2 is 1.69 bits per heavy atom. The number of hydrogen-bond acceptors (Lipinski definition) is 2. The summed E-state index contributed by atoms with van der Waals surface area (Å²) in [5.41, 5.74) is -0.428. The van der Waals surface area contributed by atoms with Crippen LogP contribution in [0.2, 0.25) is 0 Å². The average molecular weight is 226 g/mol. The second-order valence-corrected chi connectivity index (χ2v) is 5.37. The van der Waals surface area contributed by atoms with Gasteiger partial charge in [0.2, 0.25) is 11.8 Å². The molecule has 0 saturated carbocycles. The number of nitrogens with one attached hydrogen (secondary N) is 1. The topological polar surface area (TPSA) is 49.4 Å². The van der Waals surface area contributed by atoms with Crippen molar-refractivity contribution >= 4 is 11.8 Å². The molecule has 1 rings (SSSR count). The standard InChI is InChI=1S/C12H22N2O2/c1-12(2,3)11(16)13-9-10(15)14-7-5-4-6-8-14/h4-9H2,1-3H3,(H,13,16). The first-order valence-corrected chi connectivity index (χ1v) is 5.97. The molecule has 4 heteroatoms. The lowest BCUT2D eigenvalue weighted by atomic mass is 9.96. The molecule has 0 aromatic rings. The van der Waals surface area contributed by atoms with E-state index in [0.29, 0.717) is 0 Å². The maximum atomic E-state index is 11.7. The minimum absolute atomic E-state index is 0.0392. The molecule has 2 amide bonds. The zero-order valence-electron chi connectivity index (χ0n) is 10.5. The molecule has 0 spiro atoms. The van der Waals surface area contributed by atoms with Crippen LogP contribution in [-0.2, 0) is 9.59 Å². The van der Waals surface area contributed by atoms with E-state index in [0.717, 1.165) is 25.9 Å². The van der Waals surface area contributed by atoms with Gasteiger partial charge in [0.05, 0.1) is 6.54 Å². The molecule has 1 heterocycles. The van der Waals surface area contributed by atoms with Crippen LogP contribution in [0.15, 0.2) is 0 Å². The Balaban J connectivity index is 2.32. The van der Waals surface area contributed by atoms with Crippen LogP contribution in [0.1, 0.15) is 40.0 Å². The predicted molar refractivity (Wildman–Crippen MR) is 62.9 cm³/mol. The molecule has 16 heavy (non-hydrogen) atoms. The van der Waals surface area contributed by atoms with Crippen molar-refractivity contribution in [3.05, 3.63) is 0 Å². The number of nitrogens with zero attached hydrogens (tertiary/aromatic N) is 1. The van der Waals surface area contributed by atoms with E-state index in [9.17, 15) is 9.59 Å². The smallest absolute Gasteiger partial charge is 0.241 e. The minimum atomic E-state index is -0.428. The van der Waals surface area contributed by atoms with E-state index in [1.54, 1.807) is 0 Å². The molecule has 1 saturated heterocycles. The van der Waals surface area contributed by atoms with Crippen molar-refractivity contribution in [2.45, 2.75) is 40.0 Å². The lowest BCUT2D eigenvalue weighted by Crippen LogP contribution is -2.45. The number of piperidine rings is 1. The van der Waals surface area contributed by atoms with Gasteiger partial charge < -0.3 is 10.2 Å². The molecule has 4 nitrogen and oxygen atoms in total. The Labute approximate surface area is 97.4 Å². The van der Waals surface area contributed by atoms with Crippen molar-refractivity contribution in [3.8, 4) is 0 Å². The highest BCUT2D eigenvalue weighted by atomic mass is 16.2. The van der Waals surface area contributed by atoms with Gasteiger partial charge in [0, 0.05) is 18.5 Å². The molecule has 92 valence electrons. The molecule has 0 unspecified atom stereocenters. The van der Waals surface area contributed by atoms with Crippen LogP contribution in [0.4, 0.5) is 0 Å². The lowest BCUT2D eigenvalue weighted by molar-refractivity contribution is -0.135. The third-order valence-electron chi connectivity index (χ3n) is 2.79. The molecule has 0 radical (unpaired) electrons. The molecular weight excluding hydrogens is 204 g/mol. The van der Waals surface area contributed by atoms with E-state index in [1.807, 2.05) is 25.7 Å². The average Bonchev–Trinajstić information content (AvgIpc) is 2.25. The van der Waals surface area contributed by atoms with Crippen molar-refractivity contribution in [1.82, 2.24) is 10.2 Å². The third-order valence-corrected chi connectivity index (χ3v) is 2.79. The molecule has 1 aliphatic rings. The summed E-state index contributed by atoms with van der Waals surface area (Å²) in [6.07, 6.45) is 3.37. The van der Waals surface area contributed by atoms with Gasteiger partial charge in [0.25, 0.3) is 0 Å². The van der Waals surface area contributed by atoms with E-state index in [2.05, 4.69) is 5.32 Å². The summed E-state index contributed by atoms with van der Waals surface area (Å²) in [5, 5.41) is 2.69. The van der Waals surface area contributed by atoms with Gasteiger partial charge in [-0.2, -0.15) is 0 Å². The predicted octanol–water partition coefficient (Wildman–Crippen LogP) is 1.16. The van der Waals surface area contributed by atoms with E-state index in [-0.39, 0.29) is 18.4 Å². The Kier molecular flexibility index (Phi) is 4.33. The van der Waals surface area contributed by atoms with Gasteiger partial charge in [-0.05, 0) is 19.3 Å². The highest BCUT2D eigenvalue weighted by Crippen LogP contribution is 2.12. The normalized spacial score (nSPS) is 17.1. The second kappa shape index (κ2) is 5.32. The number of carbonyl (C=O) groups excluding carboxylic acids is 2. The zero-order valence-corrected chi connectivity index (χ0v) is 10.5. The number of likely N-dealkylation sites (tertiary alicyclic amines) is 1. The number of hydrogen-bond donors (Lipinski definition) is 1. The number of carbonyl (C=O) groups is 2. The van der Waals surface area contributed by atoms with Crippen molar-refractivity contribution in [2.75, 3.05) is 19.6 Å². The summed E-state index contributed by atoms with van der Waals surface area (Å²) in [5.74, 6) is -0.0323. The van der Waals surface area contributed by atoms with Gasteiger partial charge in [-0.1, -0.05) is 20.8 Å². The molecule has 1 N–H and O–H groups in total. The summed E-state index contributed by atoms with van der Waals surface area (Å²) < 4.78 is 0. The first-order chi connectivity index (χ1) is 7.41. The fourth-order valence-electron chi connectivity index (χ4n) is 1.68. The fraction of sp³-hybridized carbons (Fsp3) is 0.833. The lowest BCUT2D eigenvalue weighted by Gasteiger charge is -2.27. The molecular formula is C12H22N2O2.